The molecule has 1 aliphatic rings. The van der Waals surface area contributed by atoms with Gasteiger partial charge in [0, 0.05) is 4.47 Å². The maximum atomic E-state index is 13.5. The molecule has 0 saturated heterocycles. The first-order valence-electron chi connectivity index (χ1n) is 6.74. The molecule has 0 radical (unpaired) electrons. The molecule has 0 atom stereocenters. The summed E-state index contributed by atoms with van der Waals surface area (Å²) in [6.45, 7) is 0. The Balaban J connectivity index is 1.96. The normalized spacial score (nSPS) is 15.7. The maximum absolute atomic E-state index is 13.5. The van der Waals surface area contributed by atoms with Gasteiger partial charge in [0.1, 0.15) is 5.82 Å². The fraction of sp³-hybridized carbons (Fsp3) is 0.235. The molecular weight excluding hydrogens is 335 g/mol. The molecular formula is C17H14BrFO2. The van der Waals surface area contributed by atoms with Crippen molar-refractivity contribution in [1.29, 1.82) is 0 Å². The number of carboxylic acids is 1. The van der Waals surface area contributed by atoms with Gasteiger partial charge in [-0.2, -0.15) is 0 Å². The molecule has 4 heteroatoms. The Hall–Kier alpha value is -1.68. The first kappa shape index (κ1) is 14.3. The van der Waals surface area contributed by atoms with Crippen molar-refractivity contribution in [3.8, 4) is 0 Å². The standard InChI is InChI=1S/C17H14BrFO2/c18-14-5-11(6-15(19)7-14)8-17(16(20)21)9-12-3-1-2-4-13(12)10-17/h1-7H,8-10H2,(H,20,21). The molecule has 0 heterocycles. The predicted octanol–water partition coefficient (Wildman–Crippen LogP) is 4.00. The van der Waals surface area contributed by atoms with Crippen molar-refractivity contribution in [3.63, 3.8) is 0 Å². The summed E-state index contributed by atoms with van der Waals surface area (Å²) in [6.07, 6.45) is 1.31. The van der Waals surface area contributed by atoms with E-state index in [2.05, 4.69) is 15.9 Å². The van der Waals surface area contributed by atoms with Gasteiger partial charge in [0.2, 0.25) is 0 Å². The molecule has 108 valence electrons. The van der Waals surface area contributed by atoms with Crippen LogP contribution < -0.4 is 0 Å². The number of halogens is 2. The third-order valence-corrected chi connectivity index (χ3v) is 4.55. The highest BCUT2D eigenvalue weighted by Crippen LogP contribution is 2.40. The number of carboxylic acid groups (broad SMARTS) is 1. The van der Waals surface area contributed by atoms with E-state index >= 15 is 0 Å². The van der Waals surface area contributed by atoms with Crippen LogP contribution in [0.5, 0.6) is 0 Å². The van der Waals surface area contributed by atoms with E-state index in [1.54, 1.807) is 6.07 Å². The lowest BCUT2D eigenvalue weighted by Crippen LogP contribution is -2.34. The lowest BCUT2D eigenvalue weighted by molar-refractivity contribution is -0.148. The molecule has 0 amide bonds. The van der Waals surface area contributed by atoms with Crippen molar-refractivity contribution >= 4 is 21.9 Å². The molecule has 2 nitrogen and oxygen atoms in total. The summed E-state index contributed by atoms with van der Waals surface area (Å²) in [5, 5.41) is 9.73. The molecule has 0 aliphatic heterocycles. The minimum absolute atomic E-state index is 0.327. The van der Waals surface area contributed by atoms with E-state index in [4.69, 9.17) is 0 Å². The average molecular weight is 349 g/mol. The van der Waals surface area contributed by atoms with Gasteiger partial charge in [-0.15, -0.1) is 0 Å². The van der Waals surface area contributed by atoms with Crippen molar-refractivity contribution in [2.24, 2.45) is 5.41 Å². The molecule has 2 aromatic carbocycles. The number of benzene rings is 2. The van der Waals surface area contributed by atoms with Crippen LogP contribution in [0, 0.1) is 11.2 Å². The summed E-state index contributed by atoms with van der Waals surface area (Å²) in [7, 11) is 0. The van der Waals surface area contributed by atoms with Gasteiger partial charge in [0.15, 0.2) is 0 Å². The maximum Gasteiger partial charge on any atom is 0.310 e. The van der Waals surface area contributed by atoms with E-state index in [9.17, 15) is 14.3 Å². The van der Waals surface area contributed by atoms with Gasteiger partial charge in [-0.25, -0.2) is 4.39 Å². The summed E-state index contributed by atoms with van der Waals surface area (Å²) < 4.78 is 14.1. The SMILES string of the molecule is O=C(O)C1(Cc2cc(F)cc(Br)c2)Cc2ccccc2C1. The van der Waals surface area contributed by atoms with Crippen LogP contribution in [0.15, 0.2) is 46.9 Å². The zero-order valence-corrected chi connectivity index (χ0v) is 12.9. The van der Waals surface area contributed by atoms with Gasteiger partial charge in [-0.1, -0.05) is 40.2 Å². The Kier molecular flexibility index (Phi) is 3.57. The van der Waals surface area contributed by atoms with Crippen molar-refractivity contribution < 1.29 is 14.3 Å². The summed E-state index contributed by atoms with van der Waals surface area (Å²) in [5.74, 6) is -1.17. The Morgan fingerprint density at radius 1 is 1.19 bits per heavy atom. The molecule has 1 aliphatic carbocycles. The van der Waals surface area contributed by atoms with Crippen LogP contribution in [-0.4, -0.2) is 11.1 Å². The lowest BCUT2D eigenvalue weighted by Gasteiger charge is -2.24. The zero-order chi connectivity index (χ0) is 15.0. The van der Waals surface area contributed by atoms with Crippen LogP contribution in [0.4, 0.5) is 4.39 Å². The first-order valence-corrected chi connectivity index (χ1v) is 7.53. The highest BCUT2D eigenvalue weighted by atomic mass is 79.9. The fourth-order valence-electron chi connectivity index (χ4n) is 3.15. The molecule has 3 rings (SSSR count). The van der Waals surface area contributed by atoms with E-state index in [0.29, 0.717) is 29.3 Å². The number of fused-ring (bicyclic) bond motifs is 1. The number of carbonyl (C=O) groups is 1. The molecule has 0 spiro atoms. The monoisotopic (exact) mass is 348 g/mol. The van der Waals surface area contributed by atoms with Gasteiger partial charge in [0.05, 0.1) is 5.41 Å². The van der Waals surface area contributed by atoms with Crippen molar-refractivity contribution in [2.45, 2.75) is 19.3 Å². The number of rotatable bonds is 3. The van der Waals surface area contributed by atoms with Crippen LogP contribution in [0.3, 0.4) is 0 Å². The van der Waals surface area contributed by atoms with Gasteiger partial charge < -0.3 is 5.11 Å². The van der Waals surface area contributed by atoms with Gasteiger partial charge in [-0.05, 0) is 54.2 Å². The first-order chi connectivity index (χ1) is 9.98. The van der Waals surface area contributed by atoms with Gasteiger partial charge >= 0.3 is 5.97 Å². The summed E-state index contributed by atoms with van der Waals surface area (Å²) in [6, 6.07) is 12.4. The smallest absolute Gasteiger partial charge is 0.310 e. The highest BCUT2D eigenvalue weighted by molar-refractivity contribution is 9.10. The molecule has 1 N–H and O–H groups in total. The minimum Gasteiger partial charge on any atom is -0.481 e. The predicted molar refractivity (Wildman–Crippen MR) is 81.7 cm³/mol. The van der Waals surface area contributed by atoms with Crippen molar-refractivity contribution in [3.05, 3.63) is 69.4 Å². The Morgan fingerprint density at radius 2 is 1.81 bits per heavy atom. The van der Waals surface area contributed by atoms with Crippen molar-refractivity contribution in [2.75, 3.05) is 0 Å². The molecule has 0 aromatic heterocycles. The van der Waals surface area contributed by atoms with E-state index < -0.39 is 11.4 Å². The number of hydrogen-bond acceptors (Lipinski definition) is 1. The number of aliphatic carboxylic acids is 1. The van der Waals surface area contributed by atoms with Crippen LogP contribution in [0.25, 0.3) is 0 Å². The third kappa shape index (κ3) is 2.72. The molecule has 0 unspecified atom stereocenters. The van der Waals surface area contributed by atoms with E-state index in [0.717, 1.165) is 11.1 Å². The lowest BCUT2D eigenvalue weighted by atomic mass is 9.79. The second-order valence-electron chi connectivity index (χ2n) is 5.66. The quantitative estimate of drug-likeness (QED) is 0.910. The highest BCUT2D eigenvalue weighted by Gasteiger charge is 2.43. The second kappa shape index (κ2) is 5.26. The van der Waals surface area contributed by atoms with Crippen LogP contribution in [0.2, 0.25) is 0 Å². The molecule has 2 aromatic rings. The van der Waals surface area contributed by atoms with E-state index in [1.807, 2.05) is 24.3 Å². The summed E-state index contributed by atoms with van der Waals surface area (Å²) in [4.78, 5) is 11.9. The van der Waals surface area contributed by atoms with E-state index in [-0.39, 0.29) is 5.82 Å². The fourth-order valence-corrected chi connectivity index (χ4v) is 3.66. The second-order valence-corrected chi connectivity index (χ2v) is 6.58. The largest absolute Gasteiger partial charge is 0.481 e. The van der Waals surface area contributed by atoms with Gasteiger partial charge in [-0.3, -0.25) is 4.79 Å². The topological polar surface area (TPSA) is 37.3 Å². The Morgan fingerprint density at radius 3 is 2.33 bits per heavy atom. The molecule has 0 fully saturated rings. The third-order valence-electron chi connectivity index (χ3n) is 4.09. The van der Waals surface area contributed by atoms with E-state index in [1.165, 1.54) is 12.1 Å². The summed E-state index contributed by atoms with van der Waals surface area (Å²) in [5.41, 5.74) is 1.99. The van der Waals surface area contributed by atoms with Crippen LogP contribution in [-0.2, 0) is 24.1 Å². The number of hydrogen-bond donors (Lipinski definition) is 1. The van der Waals surface area contributed by atoms with Crippen LogP contribution in [0.1, 0.15) is 16.7 Å². The molecule has 21 heavy (non-hydrogen) atoms. The average Bonchev–Trinajstić information content (AvgIpc) is 2.76. The minimum atomic E-state index is -0.878. The van der Waals surface area contributed by atoms with Crippen LogP contribution >= 0.6 is 15.9 Å². The van der Waals surface area contributed by atoms with Crippen molar-refractivity contribution in [1.82, 2.24) is 0 Å². The molecule has 0 saturated carbocycles. The Labute approximate surface area is 130 Å². The zero-order valence-electron chi connectivity index (χ0n) is 11.3. The molecule has 0 bridgehead atoms. The summed E-state index contributed by atoms with van der Waals surface area (Å²) >= 11 is 3.26. The van der Waals surface area contributed by atoms with Gasteiger partial charge in [0.25, 0.3) is 0 Å². The Bertz CT molecular complexity index is 666.